The van der Waals surface area contributed by atoms with Gasteiger partial charge in [-0.1, -0.05) is 44.4 Å². The molecule has 7 nitrogen and oxygen atoms in total. The zero-order chi connectivity index (χ0) is 22.2. The number of ether oxygens (including phenoxy) is 1. The fraction of sp³-hybridized carbons (Fsp3) is 0.542. The highest BCUT2D eigenvalue weighted by Gasteiger charge is 2.25. The van der Waals surface area contributed by atoms with Gasteiger partial charge in [-0.3, -0.25) is 5.41 Å². The van der Waals surface area contributed by atoms with Gasteiger partial charge in [0.2, 0.25) is 0 Å². The maximum Gasteiger partial charge on any atom is 0.369 e. The Kier molecular flexibility index (Phi) is 8.37. The second-order valence-electron chi connectivity index (χ2n) is 8.29. The normalized spacial score (nSPS) is 17.5. The lowest BCUT2D eigenvalue weighted by Crippen LogP contribution is -2.49. The molecule has 0 saturated heterocycles. The topological polar surface area (TPSA) is 105 Å². The SMILES string of the molecule is CCC(NC1CCCCC1)C(CNc1nc2ccccc2cc1C([OH2+])=NC(C)=N)OC. The Balaban J connectivity index is 1.80. The number of hydrogen-bond acceptors (Lipinski definition) is 5. The van der Waals surface area contributed by atoms with Crippen molar-refractivity contribution >= 4 is 28.5 Å². The number of aromatic nitrogens is 1. The van der Waals surface area contributed by atoms with E-state index in [1.165, 1.54) is 32.1 Å². The van der Waals surface area contributed by atoms with E-state index in [1.54, 1.807) is 14.0 Å². The predicted molar refractivity (Wildman–Crippen MR) is 129 cm³/mol. The third kappa shape index (κ3) is 6.24. The minimum Gasteiger partial charge on any atom is -0.578 e. The van der Waals surface area contributed by atoms with Crippen LogP contribution in [0.5, 0.6) is 0 Å². The van der Waals surface area contributed by atoms with Crippen LogP contribution in [0.3, 0.4) is 0 Å². The molecule has 1 fully saturated rings. The molecule has 2 aromatic rings. The first-order valence-corrected chi connectivity index (χ1v) is 11.3. The highest BCUT2D eigenvalue weighted by Crippen LogP contribution is 2.22. The molecule has 1 heterocycles. The Morgan fingerprint density at radius 1 is 1.29 bits per heavy atom. The highest BCUT2D eigenvalue weighted by atomic mass is 16.5. The average molecular weight is 427 g/mol. The van der Waals surface area contributed by atoms with E-state index < -0.39 is 0 Å². The van der Waals surface area contributed by atoms with Crippen molar-refractivity contribution in [2.45, 2.75) is 70.6 Å². The molecule has 7 heteroatoms. The number of pyridine rings is 1. The van der Waals surface area contributed by atoms with E-state index >= 15 is 0 Å². The maximum atomic E-state index is 8.37. The molecule has 1 aliphatic carbocycles. The lowest BCUT2D eigenvalue weighted by Gasteiger charge is -2.32. The first kappa shape index (κ1) is 23.2. The van der Waals surface area contributed by atoms with Crippen molar-refractivity contribution in [3.05, 3.63) is 35.9 Å². The first-order chi connectivity index (χ1) is 15.0. The molecule has 31 heavy (non-hydrogen) atoms. The van der Waals surface area contributed by atoms with Gasteiger partial charge in [0.05, 0.1) is 11.6 Å². The quantitative estimate of drug-likeness (QED) is 0.322. The molecule has 1 aliphatic rings. The van der Waals surface area contributed by atoms with E-state index in [2.05, 4.69) is 22.5 Å². The van der Waals surface area contributed by atoms with Crippen molar-refractivity contribution in [1.82, 2.24) is 10.3 Å². The molecule has 5 N–H and O–H groups in total. The van der Waals surface area contributed by atoms with E-state index in [0.717, 1.165) is 17.3 Å². The van der Waals surface area contributed by atoms with Crippen LogP contribution in [0.2, 0.25) is 0 Å². The summed E-state index contributed by atoms with van der Waals surface area (Å²) in [6, 6.07) is 10.6. The molecule has 168 valence electrons. The molecule has 1 aromatic heterocycles. The molecule has 1 aromatic carbocycles. The van der Waals surface area contributed by atoms with Crippen LogP contribution in [0, 0.1) is 5.41 Å². The Morgan fingerprint density at radius 2 is 2.03 bits per heavy atom. The molecule has 0 amide bonds. The van der Waals surface area contributed by atoms with Crippen molar-refractivity contribution in [2.75, 3.05) is 19.0 Å². The van der Waals surface area contributed by atoms with Crippen molar-refractivity contribution in [2.24, 2.45) is 4.99 Å². The zero-order valence-electron chi connectivity index (χ0n) is 18.9. The van der Waals surface area contributed by atoms with Gasteiger partial charge in [0, 0.05) is 31.1 Å². The number of amidine groups is 1. The van der Waals surface area contributed by atoms with Gasteiger partial charge in [0.15, 0.2) is 0 Å². The summed E-state index contributed by atoms with van der Waals surface area (Å²) in [7, 11) is 1.75. The van der Waals surface area contributed by atoms with Crippen LogP contribution < -0.4 is 10.6 Å². The number of nitrogens with one attached hydrogen (secondary N) is 3. The fourth-order valence-corrected chi connectivity index (χ4v) is 4.31. The van der Waals surface area contributed by atoms with Crippen LogP contribution in [0.1, 0.15) is 57.9 Å². The molecule has 3 rings (SSSR count). The van der Waals surface area contributed by atoms with E-state index in [4.69, 9.17) is 20.2 Å². The molecule has 2 atom stereocenters. The summed E-state index contributed by atoms with van der Waals surface area (Å²) < 4.78 is 5.86. The summed E-state index contributed by atoms with van der Waals surface area (Å²) in [5.74, 6) is 0.736. The number of benzene rings is 1. The monoisotopic (exact) mass is 426 g/mol. The van der Waals surface area contributed by atoms with Crippen LogP contribution in [0.4, 0.5) is 5.82 Å². The van der Waals surface area contributed by atoms with Gasteiger partial charge in [-0.25, -0.2) is 4.98 Å². The smallest absolute Gasteiger partial charge is 0.369 e. The van der Waals surface area contributed by atoms with Crippen LogP contribution in [0.15, 0.2) is 35.3 Å². The van der Waals surface area contributed by atoms with Crippen LogP contribution >= 0.6 is 0 Å². The molecule has 0 spiro atoms. The largest absolute Gasteiger partial charge is 0.578 e. The Bertz CT molecular complexity index is 908. The molecule has 0 bridgehead atoms. The van der Waals surface area contributed by atoms with Gasteiger partial charge in [0.1, 0.15) is 17.2 Å². The minimum absolute atomic E-state index is 0.0244. The summed E-state index contributed by atoms with van der Waals surface area (Å²) in [5, 5.41) is 24.2. The standard InChI is InChI=1S/C24H35N5O2/c1-4-20(28-18-11-6-5-7-12-18)22(31-3)15-26-23-19(24(30)27-16(2)25)14-17-10-8-9-13-21(17)29-23/h8-10,13-14,18,20,22,28H,4-7,11-12,15H2,1-3H3,(H,26,29)(H2,25,27,30)/p+1. The molecular weight excluding hydrogens is 390 g/mol. The molecule has 1 saturated carbocycles. The lowest BCUT2D eigenvalue weighted by atomic mass is 9.94. The number of methoxy groups -OCH3 is 1. The first-order valence-electron chi connectivity index (χ1n) is 11.3. The number of aliphatic imine (C=N–C) groups is 1. The Labute approximate surface area is 184 Å². The van der Waals surface area contributed by atoms with Crippen LogP contribution in [0.25, 0.3) is 10.9 Å². The number of fused-ring (bicyclic) bond motifs is 1. The predicted octanol–water partition coefficient (Wildman–Crippen LogP) is 3.83. The summed E-state index contributed by atoms with van der Waals surface area (Å²) in [5.41, 5.74) is 1.45. The maximum absolute atomic E-state index is 8.37. The zero-order valence-corrected chi connectivity index (χ0v) is 18.9. The van der Waals surface area contributed by atoms with Crippen molar-refractivity contribution in [3.8, 4) is 0 Å². The average Bonchev–Trinajstić information content (AvgIpc) is 2.78. The van der Waals surface area contributed by atoms with E-state index in [0.29, 0.717) is 24.0 Å². The number of nitrogens with zero attached hydrogens (tertiary/aromatic N) is 2. The lowest BCUT2D eigenvalue weighted by molar-refractivity contribution is 0.0699. The second kappa shape index (κ2) is 11.2. The van der Waals surface area contributed by atoms with Gasteiger partial charge in [-0.05, 0) is 38.3 Å². The van der Waals surface area contributed by atoms with Crippen molar-refractivity contribution < 1.29 is 9.84 Å². The third-order valence-corrected chi connectivity index (χ3v) is 5.98. The van der Waals surface area contributed by atoms with E-state index in [-0.39, 0.29) is 23.9 Å². The minimum atomic E-state index is -0.0244. The third-order valence-electron chi connectivity index (χ3n) is 5.98. The number of hydrogen-bond donors (Lipinski definition) is 3. The second-order valence-corrected chi connectivity index (χ2v) is 8.29. The van der Waals surface area contributed by atoms with E-state index in [9.17, 15) is 0 Å². The summed E-state index contributed by atoms with van der Waals surface area (Å²) in [6.07, 6.45) is 7.36. The summed E-state index contributed by atoms with van der Waals surface area (Å²) >= 11 is 0. The van der Waals surface area contributed by atoms with Gasteiger partial charge in [-0.2, -0.15) is 4.99 Å². The van der Waals surface area contributed by atoms with Gasteiger partial charge in [-0.15, -0.1) is 0 Å². The number of anilines is 1. The van der Waals surface area contributed by atoms with E-state index in [1.807, 2.05) is 30.3 Å². The van der Waals surface area contributed by atoms with Crippen molar-refractivity contribution in [3.63, 3.8) is 0 Å². The van der Waals surface area contributed by atoms with Gasteiger partial charge in [0.25, 0.3) is 0 Å². The van der Waals surface area contributed by atoms with Crippen LogP contribution in [-0.4, -0.2) is 53.7 Å². The van der Waals surface area contributed by atoms with Crippen LogP contribution in [-0.2, 0) is 4.74 Å². The fourth-order valence-electron chi connectivity index (χ4n) is 4.31. The molecule has 2 unspecified atom stereocenters. The highest BCUT2D eigenvalue weighted by molar-refractivity contribution is 6.05. The number of rotatable bonds is 9. The summed E-state index contributed by atoms with van der Waals surface area (Å²) in [4.78, 5) is 8.79. The van der Waals surface area contributed by atoms with Crippen molar-refractivity contribution in [1.29, 1.82) is 5.41 Å². The van der Waals surface area contributed by atoms with Gasteiger partial charge < -0.3 is 20.5 Å². The molecular formula is C24H36N5O2+. The van der Waals surface area contributed by atoms with Gasteiger partial charge >= 0.3 is 5.90 Å². The number of para-hydroxylation sites is 1. The Hall–Kier alpha value is -2.51. The Morgan fingerprint density at radius 3 is 2.71 bits per heavy atom. The molecule has 0 aliphatic heterocycles. The molecule has 0 radical (unpaired) electrons. The summed E-state index contributed by atoms with van der Waals surface area (Å²) in [6.45, 7) is 4.33.